The molecule has 0 aliphatic heterocycles. The number of esters is 1. The predicted molar refractivity (Wildman–Crippen MR) is 78.1 cm³/mol. The van der Waals surface area contributed by atoms with Crippen LogP contribution in [-0.4, -0.2) is 18.4 Å². The number of carbonyl (C=O) groups excluding carboxylic acids is 2. The van der Waals surface area contributed by atoms with Crippen molar-refractivity contribution in [2.45, 2.75) is 0 Å². The molecule has 2 aromatic rings. The predicted octanol–water partition coefficient (Wildman–Crippen LogP) is 4.20. The van der Waals surface area contributed by atoms with Gasteiger partial charge < -0.3 is 4.74 Å². The molecule has 0 aliphatic carbocycles. The van der Waals surface area contributed by atoms with E-state index in [0.29, 0.717) is 9.35 Å². The van der Waals surface area contributed by atoms with Crippen molar-refractivity contribution in [1.29, 1.82) is 0 Å². The summed E-state index contributed by atoms with van der Waals surface area (Å²) in [6.07, 6.45) is 0. The van der Waals surface area contributed by atoms with E-state index in [9.17, 15) is 9.59 Å². The first kappa shape index (κ1) is 14.2. The number of Topliss-reactive ketones (excluding diaryl/α,β-unsaturated/α-hetero) is 1. The number of halogens is 2. The normalized spacial score (nSPS) is 10.2. The van der Waals surface area contributed by atoms with Crippen LogP contribution in [0.1, 0.15) is 20.0 Å². The van der Waals surface area contributed by atoms with Gasteiger partial charge >= 0.3 is 5.97 Å². The van der Waals surface area contributed by atoms with Gasteiger partial charge in [-0.1, -0.05) is 33.6 Å². The quantitative estimate of drug-likeness (QED) is 0.607. The van der Waals surface area contributed by atoms with Crippen molar-refractivity contribution in [3.05, 3.63) is 55.6 Å². The van der Waals surface area contributed by atoms with Crippen LogP contribution in [0, 0.1) is 0 Å². The van der Waals surface area contributed by atoms with Crippen LogP contribution in [0.2, 0.25) is 5.02 Å². The molecule has 0 radical (unpaired) electrons. The molecule has 0 atom stereocenters. The number of ether oxygens (including phenoxy) is 1. The van der Waals surface area contributed by atoms with Crippen molar-refractivity contribution >= 4 is 50.6 Å². The van der Waals surface area contributed by atoms with E-state index in [1.54, 1.807) is 35.7 Å². The Balaban J connectivity index is 2.02. The molecule has 6 heteroatoms. The van der Waals surface area contributed by atoms with Gasteiger partial charge in [0.05, 0.1) is 15.5 Å². The Bertz CT molecular complexity index is 610. The smallest absolute Gasteiger partial charge is 0.340 e. The van der Waals surface area contributed by atoms with Crippen LogP contribution in [-0.2, 0) is 4.74 Å². The maximum absolute atomic E-state index is 11.8. The van der Waals surface area contributed by atoms with Crippen LogP contribution in [0.25, 0.3) is 0 Å². The van der Waals surface area contributed by atoms with Gasteiger partial charge in [-0.3, -0.25) is 4.79 Å². The third-order valence-electron chi connectivity index (χ3n) is 2.28. The summed E-state index contributed by atoms with van der Waals surface area (Å²) in [7, 11) is 0. The Kier molecular flexibility index (Phi) is 4.74. The zero-order valence-electron chi connectivity index (χ0n) is 9.56. The molecule has 2 rings (SSSR count). The highest BCUT2D eigenvalue weighted by molar-refractivity contribution is 9.10. The minimum Gasteiger partial charge on any atom is -0.454 e. The summed E-state index contributed by atoms with van der Waals surface area (Å²) in [5, 5.41) is 2.08. The molecule has 3 nitrogen and oxygen atoms in total. The first-order valence-corrected chi connectivity index (χ1v) is 7.32. The summed E-state index contributed by atoms with van der Waals surface area (Å²) in [5.74, 6) is -0.842. The lowest BCUT2D eigenvalue weighted by molar-refractivity contribution is 0.0476. The average Bonchev–Trinajstić information content (AvgIpc) is 2.92. The van der Waals surface area contributed by atoms with Crippen molar-refractivity contribution in [2.24, 2.45) is 0 Å². The molecule has 0 bridgehead atoms. The maximum atomic E-state index is 11.8. The van der Waals surface area contributed by atoms with Crippen molar-refractivity contribution in [3.8, 4) is 0 Å². The van der Waals surface area contributed by atoms with Crippen LogP contribution in [0.3, 0.4) is 0 Å². The lowest BCUT2D eigenvalue weighted by atomic mass is 10.2. The van der Waals surface area contributed by atoms with Crippen molar-refractivity contribution in [3.63, 3.8) is 0 Å². The van der Waals surface area contributed by atoms with Crippen molar-refractivity contribution in [2.75, 3.05) is 6.61 Å². The molecule has 1 aromatic heterocycles. The highest BCUT2D eigenvalue weighted by atomic mass is 79.9. The van der Waals surface area contributed by atoms with Crippen LogP contribution >= 0.6 is 38.9 Å². The summed E-state index contributed by atoms with van der Waals surface area (Å²) in [6, 6.07) is 8.32. The third-order valence-corrected chi connectivity index (χ3v) is 4.01. The zero-order valence-corrected chi connectivity index (χ0v) is 12.7. The Morgan fingerprint density at radius 1 is 1.32 bits per heavy atom. The molecule has 0 N–H and O–H groups in total. The van der Waals surface area contributed by atoms with Crippen LogP contribution in [0.4, 0.5) is 0 Å². The second-order valence-electron chi connectivity index (χ2n) is 3.60. The van der Waals surface area contributed by atoms with Gasteiger partial charge in [-0.05, 0) is 29.6 Å². The molecule has 1 heterocycles. The molecule has 0 saturated carbocycles. The molecule has 19 heavy (non-hydrogen) atoms. The van der Waals surface area contributed by atoms with E-state index in [4.69, 9.17) is 16.3 Å². The molecule has 0 fully saturated rings. The van der Waals surface area contributed by atoms with Crippen LogP contribution in [0.15, 0.2) is 40.2 Å². The maximum Gasteiger partial charge on any atom is 0.340 e. The summed E-state index contributed by atoms with van der Waals surface area (Å²) in [6.45, 7) is -0.289. The summed E-state index contributed by atoms with van der Waals surface area (Å²) < 4.78 is 5.68. The van der Waals surface area contributed by atoms with E-state index in [2.05, 4.69) is 15.9 Å². The molecular formula is C13H8BrClO3S. The first-order chi connectivity index (χ1) is 9.08. The Morgan fingerprint density at radius 2 is 2.11 bits per heavy atom. The molecule has 0 unspecified atom stereocenters. The number of rotatable bonds is 4. The Hall–Kier alpha value is -1.17. The van der Waals surface area contributed by atoms with E-state index < -0.39 is 5.97 Å². The Morgan fingerprint density at radius 3 is 2.79 bits per heavy atom. The largest absolute Gasteiger partial charge is 0.454 e. The number of hydrogen-bond donors (Lipinski definition) is 0. The topological polar surface area (TPSA) is 43.4 Å². The minimum absolute atomic E-state index is 0.227. The van der Waals surface area contributed by atoms with E-state index >= 15 is 0 Å². The van der Waals surface area contributed by atoms with E-state index in [-0.39, 0.29) is 23.0 Å². The lowest BCUT2D eigenvalue weighted by Crippen LogP contribution is -2.13. The number of ketones is 1. The number of benzene rings is 1. The monoisotopic (exact) mass is 358 g/mol. The third kappa shape index (κ3) is 3.65. The first-order valence-electron chi connectivity index (χ1n) is 5.27. The van der Waals surface area contributed by atoms with Crippen molar-refractivity contribution in [1.82, 2.24) is 0 Å². The average molecular weight is 360 g/mol. The molecule has 0 aliphatic rings. The van der Waals surface area contributed by atoms with E-state index in [1.165, 1.54) is 11.3 Å². The molecular weight excluding hydrogens is 352 g/mol. The van der Waals surface area contributed by atoms with Gasteiger partial charge in [0, 0.05) is 4.47 Å². The molecule has 0 amide bonds. The van der Waals surface area contributed by atoms with E-state index in [0.717, 1.165) is 0 Å². The number of thiophene rings is 1. The van der Waals surface area contributed by atoms with Gasteiger partial charge in [-0.25, -0.2) is 4.79 Å². The van der Waals surface area contributed by atoms with Gasteiger partial charge in [0.2, 0.25) is 5.78 Å². The molecule has 98 valence electrons. The van der Waals surface area contributed by atoms with Crippen LogP contribution in [0.5, 0.6) is 0 Å². The highest BCUT2D eigenvalue weighted by Gasteiger charge is 2.15. The van der Waals surface area contributed by atoms with Gasteiger partial charge in [0.1, 0.15) is 0 Å². The fourth-order valence-electron chi connectivity index (χ4n) is 1.37. The molecule has 0 spiro atoms. The highest BCUT2D eigenvalue weighted by Crippen LogP contribution is 2.22. The second kappa shape index (κ2) is 6.32. The Labute approximate surface area is 127 Å². The summed E-state index contributed by atoms with van der Waals surface area (Å²) >= 11 is 10.5. The van der Waals surface area contributed by atoms with Crippen LogP contribution < -0.4 is 0 Å². The fourth-order valence-corrected chi connectivity index (χ4v) is 2.58. The zero-order chi connectivity index (χ0) is 13.8. The van der Waals surface area contributed by atoms with Gasteiger partial charge in [-0.2, -0.15) is 0 Å². The van der Waals surface area contributed by atoms with Gasteiger partial charge in [0.15, 0.2) is 6.61 Å². The van der Waals surface area contributed by atoms with E-state index in [1.807, 2.05) is 0 Å². The fraction of sp³-hybridized carbons (Fsp3) is 0.0769. The number of carbonyl (C=O) groups is 2. The number of hydrogen-bond acceptors (Lipinski definition) is 4. The SMILES string of the molecule is O=C(COC(=O)c1cc(Br)ccc1Cl)c1cccs1. The van der Waals surface area contributed by atoms with Crippen molar-refractivity contribution < 1.29 is 14.3 Å². The molecule has 0 saturated heterocycles. The lowest BCUT2D eigenvalue weighted by Gasteiger charge is -2.05. The van der Waals surface area contributed by atoms with Gasteiger partial charge in [0.25, 0.3) is 0 Å². The minimum atomic E-state index is -0.615. The summed E-state index contributed by atoms with van der Waals surface area (Å²) in [4.78, 5) is 24.1. The molecule has 1 aromatic carbocycles. The summed E-state index contributed by atoms with van der Waals surface area (Å²) in [5.41, 5.74) is 0.232. The van der Waals surface area contributed by atoms with Gasteiger partial charge in [-0.15, -0.1) is 11.3 Å². The standard InChI is InChI=1S/C13H8BrClO3S/c14-8-3-4-10(15)9(6-8)13(17)18-7-11(16)12-2-1-5-19-12/h1-6H,7H2. The second-order valence-corrected chi connectivity index (χ2v) is 5.87.